The largest absolute Gasteiger partial charge is 0.391 e. The van der Waals surface area contributed by atoms with E-state index < -0.39 is 6.10 Å². The molecule has 2 aliphatic rings. The van der Waals surface area contributed by atoms with Crippen molar-refractivity contribution < 1.29 is 9.90 Å². The zero-order chi connectivity index (χ0) is 16.7. The van der Waals surface area contributed by atoms with Gasteiger partial charge in [0.2, 0.25) is 0 Å². The van der Waals surface area contributed by atoms with E-state index in [0.717, 1.165) is 11.1 Å². The van der Waals surface area contributed by atoms with Crippen molar-refractivity contribution in [3.8, 4) is 0 Å². The molecule has 5 nitrogen and oxygen atoms in total. The van der Waals surface area contributed by atoms with Crippen molar-refractivity contribution in [2.24, 2.45) is 0 Å². The highest BCUT2D eigenvalue weighted by molar-refractivity contribution is 6.29. The molecule has 1 fully saturated rings. The first kappa shape index (κ1) is 15.4. The van der Waals surface area contributed by atoms with Gasteiger partial charge in [-0.1, -0.05) is 35.9 Å². The molecule has 1 saturated heterocycles. The first-order valence-corrected chi connectivity index (χ1v) is 8.48. The molecule has 0 bridgehead atoms. The first-order valence-electron chi connectivity index (χ1n) is 8.10. The van der Waals surface area contributed by atoms with E-state index in [2.05, 4.69) is 10.3 Å². The summed E-state index contributed by atoms with van der Waals surface area (Å²) in [5, 5.41) is 14.2. The van der Waals surface area contributed by atoms with Crippen LogP contribution in [0.5, 0.6) is 0 Å². The van der Waals surface area contributed by atoms with Crippen LogP contribution in [0.3, 0.4) is 0 Å². The van der Waals surface area contributed by atoms with Crippen LogP contribution in [0.1, 0.15) is 34.8 Å². The molecule has 0 radical (unpaired) electrons. The van der Waals surface area contributed by atoms with Crippen LogP contribution in [0.15, 0.2) is 42.5 Å². The third kappa shape index (κ3) is 2.64. The number of carbonyl (C=O) groups excluding carboxylic acids is 1. The Bertz CT molecular complexity index is 782. The summed E-state index contributed by atoms with van der Waals surface area (Å²) in [6.07, 6.45) is 0.628. The van der Waals surface area contributed by atoms with Crippen LogP contribution in [-0.4, -0.2) is 39.6 Å². The van der Waals surface area contributed by atoms with Crippen molar-refractivity contribution >= 4 is 23.3 Å². The molecule has 3 heterocycles. The summed E-state index contributed by atoms with van der Waals surface area (Å²) in [5.74, 6) is 0.696. The summed E-state index contributed by atoms with van der Waals surface area (Å²) in [6, 6.07) is 12.9. The van der Waals surface area contributed by atoms with E-state index in [9.17, 15) is 9.90 Å². The van der Waals surface area contributed by atoms with Crippen LogP contribution in [0, 0.1) is 0 Å². The Hall–Kier alpha value is -2.11. The molecule has 2 aromatic rings. The molecule has 24 heavy (non-hydrogen) atoms. The minimum atomic E-state index is -0.545. The van der Waals surface area contributed by atoms with Crippen LogP contribution >= 0.6 is 11.6 Å². The summed E-state index contributed by atoms with van der Waals surface area (Å²) >= 11 is 5.94. The van der Waals surface area contributed by atoms with Gasteiger partial charge in [0.15, 0.2) is 0 Å². The van der Waals surface area contributed by atoms with Crippen molar-refractivity contribution in [2.75, 3.05) is 11.9 Å². The topological polar surface area (TPSA) is 65.5 Å². The molecule has 0 saturated carbocycles. The smallest absolute Gasteiger partial charge is 0.254 e. The molecular formula is C18H18ClN3O2. The molecule has 4 rings (SSSR count). The Morgan fingerprint density at radius 3 is 2.88 bits per heavy atom. The fraction of sp³-hybridized carbons (Fsp3) is 0.333. The Morgan fingerprint density at radius 1 is 1.21 bits per heavy atom. The number of nitrogens with zero attached hydrogens (tertiary/aromatic N) is 2. The number of benzene rings is 1. The second-order valence-electron chi connectivity index (χ2n) is 6.29. The van der Waals surface area contributed by atoms with Crippen molar-refractivity contribution in [1.29, 1.82) is 0 Å². The third-order valence-electron chi connectivity index (χ3n) is 4.84. The number of amides is 1. The molecule has 1 amide bonds. The van der Waals surface area contributed by atoms with Gasteiger partial charge in [0.1, 0.15) is 11.0 Å². The maximum atomic E-state index is 12.6. The number of fused-ring (bicyclic) bond motifs is 3. The third-order valence-corrected chi connectivity index (χ3v) is 5.05. The van der Waals surface area contributed by atoms with Crippen molar-refractivity contribution in [2.45, 2.75) is 31.0 Å². The van der Waals surface area contributed by atoms with Crippen LogP contribution in [0.25, 0.3) is 0 Å². The van der Waals surface area contributed by atoms with Gasteiger partial charge in [0, 0.05) is 12.1 Å². The zero-order valence-corrected chi connectivity index (χ0v) is 13.8. The van der Waals surface area contributed by atoms with E-state index in [1.54, 1.807) is 6.07 Å². The van der Waals surface area contributed by atoms with E-state index in [1.807, 2.05) is 41.3 Å². The molecule has 6 heteroatoms. The Balaban J connectivity index is 1.62. The SMILES string of the molecule is O=C1c2ccccc2[C@@H]2C[C@H](Nc3cccc(Cl)n3)[C@@H](O)CCN12. The Morgan fingerprint density at radius 2 is 2.04 bits per heavy atom. The quantitative estimate of drug-likeness (QED) is 0.823. The Labute approximate surface area is 145 Å². The zero-order valence-electron chi connectivity index (χ0n) is 13.0. The fourth-order valence-corrected chi connectivity index (χ4v) is 3.83. The highest BCUT2D eigenvalue weighted by Gasteiger charge is 2.41. The van der Waals surface area contributed by atoms with Crippen molar-refractivity contribution in [1.82, 2.24) is 9.88 Å². The van der Waals surface area contributed by atoms with Crippen molar-refractivity contribution in [3.05, 3.63) is 58.7 Å². The van der Waals surface area contributed by atoms with E-state index in [1.165, 1.54) is 0 Å². The summed E-state index contributed by atoms with van der Waals surface area (Å²) in [7, 11) is 0. The molecule has 2 N–H and O–H groups in total. The molecule has 0 spiro atoms. The number of nitrogens with one attached hydrogen (secondary N) is 1. The van der Waals surface area contributed by atoms with Crippen LogP contribution in [0.2, 0.25) is 5.15 Å². The summed E-state index contributed by atoms with van der Waals surface area (Å²) in [5.41, 5.74) is 1.82. The fourth-order valence-electron chi connectivity index (χ4n) is 3.66. The molecule has 0 aliphatic carbocycles. The molecular weight excluding hydrogens is 326 g/mol. The predicted octanol–water partition coefficient (Wildman–Crippen LogP) is 2.87. The minimum absolute atomic E-state index is 0.0115. The van der Waals surface area contributed by atoms with Gasteiger partial charge in [-0.2, -0.15) is 0 Å². The number of carbonyl (C=O) groups is 1. The second kappa shape index (κ2) is 6.07. The number of aliphatic hydroxyl groups excluding tert-OH is 1. The number of anilines is 1. The minimum Gasteiger partial charge on any atom is -0.391 e. The average molecular weight is 344 g/mol. The number of pyridine rings is 1. The van der Waals surface area contributed by atoms with Gasteiger partial charge < -0.3 is 15.3 Å². The van der Waals surface area contributed by atoms with Gasteiger partial charge in [0.05, 0.1) is 18.2 Å². The van der Waals surface area contributed by atoms with Gasteiger partial charge >= 0.3 is 0 Å². The average Bonchev–Trinajstić information content (AvgIpc) is 2.73. The van der Waals surface area contributed by atoms with E-state index in [4.69, 9.17) is 11.6 Å². The molecule has 2 aliphatic heterocycles. The number of aliphatic hydroxyl groups is 1. The normalized spacial score (nSPS) is 25.8. The first-order chi connectivity index (χ1) is 11.6. The standard InChI is InChI=1S/C18H18ClN3O2/c19-16-6-3-7-17(21-16)20-13-10-14-11-4-1-2-5-12(11)18(24)22(14)9-8-15(13)23/h1-7,13-15,23H,8-10H2,(H,20,21)/t13-,14-,15-/m0/s1. The number of aromatic nitrogens is 1. The van der Waals surface area contributed by atoms with E-state index in [-0.39, 0.29) is 18.0 Å². The maximum Gasteiger partial charge on any atom is 0.254 e. The summed E-state index contributed by atoms with van der Waals surface area (Å²) in [6.45, 7) is 0.556. The number of hydrogen-bond donors (Lipinski definition) is 2. The van der Waals surface area contributed by atoms with Crippen LogP contribution in [-0.2, 0) is 0 Å². The highest BCUT2D eigenvalue weighted by atomic mass is 35.5. The van der Waals surface area contributed by atoms with Gasteiger partial charge in [-0.25, -0.2) is 4.98 Å². The monoisotopic (exact) mass is 343 g/mol. The highest BCUT2D eigenvalue weighted by Crippen LogP contribution is 2.39. The number of rotatable bonds is 2. The molecule has 1 aromatic carbocycles. The molecule has 3 atom stereocenters. The van der Waals surface area contributed by atoms with Crippen molar-refractivity contribution in [3.63, 3.8) is 0 Å². The number of hydrogen-bond acceptors (Lipinski definition) is 4. The van der Waals surface area contributed by atoms with Gasteiger partial charge in [-0.05, 0) is 36.6 Å². The Kier molecular flexibility index (Phi) is 3.90. The van der Waals surface area contributed by atoms with E-state index in [0.29, 0.717) is 30.4 Å². The van der Waals surface area contributed by atoms with Gasteiger partial charge in [-0.15, -0.1) is 0 Å². The van der Waals surface area contributed by atoms with Crippen LogP contribution in [0.4, 0.5) is 5.82 Å². The van der Waals surface area contributed by atoms with Crippen LogP contribution < -0.4 is 5.32 Å². The lowest BCUT2D eigenvalue weighted by atomic mass is 9.96. The summed E-state index contributed by atoms with van der Waals surface area (Å²) in [4.78, 5) is 18.7. The summed E-state index contributed by atoms with van der Waals surface area (Å²) < 4.78 is 0. The molecule has 124 valence electrons. The van der Waals surface area contributed by atoms with Gasteiger partial charge in [0.25, 0.3) is 5.91 Å². The molecule has 1 aromatic heterocycles. The lowest BCUT2D eigenvalue weighted by Crippen LogP contribution is -2.34. The van der Waals surface area contributed by atoms with Gasteiger partial charge in [-0.3, -0.25) is 4.79 Å². The maximum absolute atomic E-state index is 12.6. The number of halogens is 1. The lowest BCUT2D eigenvalue weighted by molar-refractivity contribution is 0.0724. The van der Waals surface area contributed by atoms with E-state index >= 15 is 0 Å². The predicted molar refractivity (Wildman–Crippen MR) is 92.1 cm³/mol. The molecule has 0 unspecified atom stereocenters. The second-order valence-corrected chi connectivity index (χ2v) is 6.68. The lowest BCUT2D eigenvalue weighted by Gasteiger charge is -2.26.